The first-order valence-corrected chi connectivity index (χ1v) is 10.8. The molecule has 0 unspecified atom stereocenters. The Bertz CT molecular complexity index is 1540. The molecule has 0 amide bonds. The first kappa shape index (κ1) is 18.4. The highest BCUT2D eigenvalue weighted by atomic mass is 35.5. The fourth-order valence-corrected chi connectivity index (χ4v) is 4.79. The van der Waals surface area contributed by atoms with Gasteiger partial charge in [-0.15, -0.1) is 0 Å². The lowest BCUT2D eigenvalue weighted by atomic mass is 9.99. The predicted molar refractivity (Wildman–Crippen MR) is 132 cm³/mol. The van der Waals surface area contributed by atoms with E-state index in [1.54, 1.807) is 0 Å². The summed E-state index contributed by atoms with van der Waals surface area (Å²) in [6, 6.07) is 30.5. The molecule has 0 aliphatic heterocycles. The molecule has 0 saturated carbocycles. The van der Waals surface area contributed by atoms with Crippen LogP contribution in [0.5, 0.6) is 0 Å². The zero-order chi connectivity index (χ0) is 20.9. The van der Waals surface area contributed by atoms with Crippen molar-refractivity contribution >= 4 is 55.8 Å². The predicted octanol–water partition coefficient (Wildman–Crippen LogP) is 8.51. The third kappa shape index (κ3) is 2.91. The van der Waals surface area contributed by atoms with Crippen molar-refractivity contribution in [3.05, 3.63) is 101 Å². The van der Waals surface area contributed by atoms with Gasteiger partial charge in [0.2, 0.25) is 0 Å². The van der Waals surface area contributed by atoms with Crippen molar-refractivity contribution < 1.29 is 0 Å². The monoisotopic (exact) mass is 438 g/mol. The molecule has 148 valence electrons. The maximum atomic E-state index is 6.53. The lowest BCUT2D eigenvalue weighted by molar-refractivity contribution is 1.34. The van der Waals surface area contributed by atoms with E-state index >= 15 is 0 Å². The molecule has 1 heterocycles. The molecule has 0 spiro atoms. The average Bonchev–Trinajstić information content (AvgIpc) is 3.25. The Hall–Kier alpha value is -3.33. The van der Waals surface area contributed by atoms with Gasteiger partial charge in [-0.2, -0.15) is 0 Å². The SMILES string of the molecule is Clc1ccc(-c2nc3c4ccccc4c4ccccc4c3[nH]2)c(-c2ccccc2Cl)c1. The van der Waals surface area contributed by atoms with Crippen molar-refractivity contribution in [2.75, 3.05) is 0 Å². The molecule has 0 aliphatic rings. The molecule has 0 saturated heterocycles. The van der Waals surface area contributed by atoms with E-state index in [-0.39, 0.29) is 0 Å². The number of benzene rings is 5. The minimum Gasteiger partial charge on any atom is -0.337 e. The van der Waals surface area contributed by atoms with Gasteiger partial charge in [0.05, 0.1) is 11.0 Å². The van der Waals surface area contributed by atoms with Crippen LogP contribution in [-0.4, -0.2) is 9.97 Å². The van der Waals surface area contributed by atoms with Gasteiger partial charge >= 0.3 is 0 Å². The van der Waals surface area contributed by atoms with Gasteiger partial charge in [-0.3, -0.25) is 0 Å². The second-order valence-corrected chi connectivity index (χ2v) is 8.41. The fraction of sp³-hybridized carbons (Fsp3) is 0. The van der Waals surface area contributed by atoms with Crippen LogP contribution in [0.1, 0.15) is 0 Å². The largest absolute Gasteiger partial charge is 0.337 e. The summed E-state index contributed by atoms with van der Waals surface area (Å²) in [5, 5.41) is 6.04. The molecule has 0 bridgehead atoms. The molecule has 31 heavy (non-hydrogen) atoms. The Morgan fingerprint density at radius 2 is 1.23 bits per heavy atom. The van der Waals surface area contributed by atoms with Crippen molar-refractivity contribution in [1.82, 2.24) is 9.97 Å². The van der Waals surface area contributed by atoms with E-state index in [0.717, 1.165) is 44.3 Å². The van der Waals surface area contributed by atoms with Crippen LogP contribution in [0.2, 0.25) is 10.0 Å². The highest BCUT2D eigenvalue weighted by molar-refractivity contribution is 6.34. The molecule has 6 rings (SSSR count). The van der Waals surface area contributed by atoms with Crippen LogP contribution in [0, 0.1) is 0 Å². The maximum absolute atomic E-state index is 6.53. The minimum absolute atomic E-state index is 0.658. The third-order valence-corrected chi connectivity index (χ3v) is 6.34. The highest BCUT2D eigenvalue weighted by Gasteiger charge is 2.17. The molecule has 2 nitrogen and oxygen atoms in total. The Morgan fingerprint density at radius 3 is 2.00 bits per heavy atom. The fourth-order valence-electron chi connectivity index (χ4n) is 4.38. The van der Waals surface area contributed by atoms with Crippen LogP contribution in [0.15, 0.2) is 91.0 Å². The second kappa shape index (κ2) is 7.12. The second-order valence-electron chi connectivity index (χ2n) is 7.57. The smallest absolute Gasteiger partial charge is 0.139 e. The number of H-pyrrole nitrogens is 1. The van der Waals surface area contributed by atoms with Gasteiger partial charge in [-0.1, -0.05) is 89.9 Å². The van der Waals surface area contributed by atoms with Gasteiger partial charge < -0.3 is 4.98 Å². The molecule has 4 heteroatoms. The molecule has 0 fully saturated rings. The van der Waals surface area contributed by atoms with E-state index in [1.807, 2.05) is 42.5 Å². The van der Waals surface area contributed by atoms with Crippen LogP contribution >= 0.6 is 23.2 Å². The number of hydrogen-bond acceptors (Lipinski definition) is 1. The van der Waals surface area contributed by atoms with Crippen LogP contribution in [0.3, 0.4) is 0 Å². The number of fused-ring (bicyclic) bond motifs is 6. The maximum Gasteiger partial charge on any atom is 0.139 e. The highest BCUT2D eigenvalue weighted by Crippen LogP contribution is 2.39. The van der Waals surface area contributed by atoms with Crippen molar-refractivity contribution in [2.24, 2.45) is 0 Å². The van der Waals surface area contributed by atoms with Crippen molar-refractivity contribution in [3.63, 3.8) is 0 Å². The minimum atomic E-state index is 0.658. The number of aromatic nitrogens is 2. The van der Waals surface area contributed by atoms with E-state index in [9.17, 15) is 0 Å². The molecule has 1 N–H and O–H groups in total. The summed E-state index contributed by atoms with van der Waals surface area (Å²) in [7, 11) is 0. The topological polar surface area (TPSA) is 28.7 Å². The van der Waals surface area contributed by atoms with Crippen LogP contribution in [0.25, 0.3) is 55.1 Å². The Labute approximate surface area is 189 Å². The molecular formula is C27H16Cl2N2. The van der Waals surface area contributed by atoms with E-state index in [4.69, 9.17) is 28.2 Å². The zero-order valence-corrected chi connectivity index (χ0v) is 17.9. The lowest BCUT2D eigenvalue weighted by Crippen LogP contribution is -1.88. The van der Waals surface area contributed by atoms with Crippen molar-refractivity contribution in [2.45, 2.75) is 0 Å². The summed E-state index contributed by atoms with van der Waals surface area (Å²) in [6.07, 6.45) is 0. The van der Waals surface area contributed by atoms with Crippen molar-refractivity contribution in [3.8, 4) is 22.5 Å². The number of nitrogens with zero attached hydrogens (tertiary/aromatic N) is 1. The van der Waals surface area contributed by atoms with E-state index in [1.165, 1.54) is 10.8 Å². The molecular weight excluding hydrogens is 423 g/mol. The average molecular weight is 439 g/mol. The van der Waals surface area contributed by atoms with Crippen LogP contribution in [-0.2, 0) is 0 Å². The molecule has 0 atom stereocenters. The van der Waals surface area contributed by atoms with E-state index in [2.05, 4.69) is 53.5 Å². The number of imidazole rings is 1. The number of hydrogen-bond donors (Lipinski definition) is 1. The molecule has 6 aromatic rings. The van der Waals surface area contributed by atoms with Crippen LogP contribution < -0.4 is 0 Å². The van der Waals surface area contributed by atoms with Gasteiger partial charge in [0.1, 0.15) is 5.82 Å². The number of nitrogens with one attached hydrogen (secondary N) is 1. The van der Waals surface area contributed by atoms with Gasteiger partial charge in [0.15, 0.2) is 0 Å². The van der Waals surface area contributed by atoms with E-state index < -0.39 is 0 Å². The Kier molecular flexibility index (Phi) is 4.24. The lowest BCUT2D eigenvalue weighted by Gasteiger charge is -2.10. The van der Waals surface area contributed by atoms with Crippen molar-refractivity contribution in [1.29, 1.82) is 0 Å². The first-order valence-electron chi connectivity index (χ1n) is 10.0. The normalized spacial score (nSPS) is 11.5. The summed E-state index contributed by atoms with van der Waals surface area (Å²) in [5.41, 5.74) is 4.83. The number of aromatic amines is 1. The van der Waals surface area contributed by atoms with E-state index in [0.29, 0.717) is 10.0 Å². The number of halogens is 2. The summed E-state index contributed by atoms with van der Waals surface area (Å²) < 4.78 is 0. The van der Waals surface area contributed by atoms with Gasteiger partial charge in [0, 0.05) is 31.9 Å². The Morgan fingerprint density at radius 1 is 0.581 bits per heavy atom. The standard InChI is InChI=1S/C27H16Cl2N2/c28-16-13-14-22(23(15-16)19-9-5-6-12-24(19)29)27-30-25-20-10-3-1-7-17(20)18-8-2-4-11-21(18)26(25)31-27/h1-15H,(H,30,31). The van der Waals surface area contributed by atoms with Gasteiger partial charge in [-0.25, -0.2) is 4.98 Å². The van der Waals surface area contributed by atoms with Gasteiger partial charge in [-0.05, 0) is 40.6 Å². The third-order valence-electron chi connectivity index (χ3n) is 5.77. The Balaban J connectivity index is 1.71. The zero-order valence-electron chi connectivity index (χ0n) is 16.4. The summed E-state index contributed by atoms with van der Waals surface area (Å²) in [6.45, 7) is 0. The quantitative estimate of drug-likeness (QED) is 0.269. The van der Waals surface area contributed by atoms with Gasteiger partial charge in [0.25, 0.3) is 0 Å². The summed E-state index contributed by atoms with van der Waals surface area (Å²) in [5.74, 6) is 0.795. The molecule has 5 aromatic carbocycles. The molecule has 0 aliphatic carbocycles. The van der Waals surface area contributed by atoms with Crippen LogP contribution in [0.4, 0.5) is 0 Å². The summed E-state index contributed by atoms with van der Waals surface area (Å²) >= 11 is 12.9. The summed E-state index contributed by atoms with van der Waals surface area (Å²) in [4.78, 5) is 8.66. The molecule has 0 radical (unpaired) electrons. The first-order chi connectivity index (χ1) is 15.2. The molecule has 1 aromatic heterocycles. The number of rotatable bonds is 2.